The maximum absolute atomic E-state index is 12.3. The third-order valence-corrected chi connectivity index (χ3v) is 5.08. The number of carboxylic acid groups (broad SMARTS) is 1. The van der Waals surface area contributed by atoms with E-state index in [-0.39, 0.29) is 4.32 Å². The van der Waals surface area contributed by atoms with E-state index >= 15 is 0 Å². The van der Waals surface area contributed by atoms with Crippen LogP contribution >= 0.6 is 24.0 Å². The number of thiocarbonyl (C=S) groups is 1. The Balaban J connectivity index is 1.83. The number of rotatable bonds is 5. The molecule has 1 saturated heterocycles. The minimum absolute atomic E-state index is 0.207. The van der Waals surface area contributed by atoms with Crippen LogP contribution < -0.4 is 5.48 Å². The zero-order valence-electron chi connectivity index (χ0n) is 13.6. The molecule has 1 aromatic carbocycles. The summed E-state index contributed by atoms with van der Waals surface area (Å²) in [6, 6.07) is 8.86. The molecule has 3 N–H and O–H groups in total. The quantitative estimate of drug-likeness (QED) is 0.406. The number of aliphatic carboxylic acids is 1. The lowest BCUT2D eigenvalue weighted by molar-refractivity contribution is -0.140. The largest absolute Gasteiger partial charge is 0.480 e. The molecule has 0 bridgehead atoms. The molecule has 2 aromatic rings. The van der Waals surface area contributed by atoms with Crippen molar-refractivity contribution in [3.8, 4) is 11.3 Å². The molecule has 7 nitrogen and oxygen atoms in total. The van der Waals surface area contributed by atoms with Crippen LogP contribution in [0.25, 0.3) is 17.4 Å². The summed E-state index contributed by atoms with van der Waals surface area (Å²) in [4.78, 5) is 24.4. The lowest BCUT2D eigenvalue weighted by atomic mass is 10.1. The van der Waals surface area contributed by atoms with Crippen molar-refractivity contribution in [2.45, 2.75) is 6.92 Å². The minimum atomic E-state index is -1.13. The van der Waals surface area contributed by atoms with Gasteiger partial charge in [-0.25, -0.2) is 0 Å². The fourth-order valence-corrected chi connectivity index (χ4v) is 3.66. The van der Waals surface area contributed by atoms with Gasteiger partial charge in [-0.15, -0.1) is 0 Å². The molecule has 134 valence electrons. The van der Waals surface area contributed by atoms with Gasteiger partial charge in [0.2, 0.25) is 0 Å². The van der Waals surface area contributed by atoms with E-state index in [9.17, 15) is 9.59 Å². The molecule has 1 aliphatic heterocycles. The molecule has 1 fully saturated rings. The van der Waals surface area contributed by atoms with Crippen LogP contribution in [0.15, 0.2) is 39.7 Å². The smallest absolute Gasteiger partial charge is 0.323 e. The van der Waals surface area contributed by atoms with E-state index < -0.39 is 18.4 Å². The van der Waals surface area contributed by atoms with Crippen LogP contribution in [-0.2, 0) is 9.59 Å². The highest BCUT2D eigenvalue weighted by molar-refractivity contribution is 8.26. The lowest BCUT2D eigenvalue weighted by Crippen LogP contribution is -2.33. The second-order valence-corrected chi connectivity index (χ2v) is 7.18. The SMILES string of the molecule is Cc1cc(-c2ccc(/C=C3\SC(=S)N(CC(=O)O)C3=O)o2)ccc1NO. The Hall–Kier alpha value is -2.62. The van der Waals surface area contributed by atoms with Crippen LogP contribution in [0.3, 0.4) is 0 Å². The first-order valence-corrected chi connectivity index (χ1v) is 8.69. The van der Waals surface area contributed by atoms with Crippen molar-refractivity contribution < 1.29 is 24.3 Å². The Morgan fingerprint density at radius 2 is 2.15 bits per heavy atom. The highest BCUT2D eigenvalue weighted by Gasteiger charge is 2.33. The summed E-state index contributed by atoms with van der Waals surface area (Å²) in [6.07, 6.45) is 1.54. The van der Waals surface area contributed by atoms with Crippen molar-refractivity contribution in [2.75, 3.05) is 12.0 Å². The Morgan fingerprint density at radius 1 is 1.38 bits per heavy atom. The third-order valence-electron chi connectivity index (χ3n) is 3.70. The molecule has 0 saturated carbocycles. The Bertz CT molecular complexity index is 935. The Labute approximate surface area is 158 Å². The molecule has 0 unspecified atom stereocenters. The summed E-state index contributed by atoms with van der Waals surface area (Å²) in [7, 11) is 0. The fraction of sp³-hybridized carbons (Fsp3) is 0.118. The standard InChI is InChI=1S/C17H14N2O5S2/c1-9-6-10(2-4-12(9)18-23)13-5-3-11(24-13)7-14-16(22)19(8-15(20)21)17(25)26-14/h2-7,18,23H,8H2,1H3,(H,20,21)/b14-7-. The summed E-state index contributed by atoms with van der Waals surface area (Å²) in [5.41, 5.74) is 4.38. The van der Waals surface area contributed by atoms with Gasteiger partial charge in [-0.1, -0.05) is 24.0 Å². The van der Waals surface area contributed by atoms with Crippen molar-refractivity contribution >= 4 is 51.9 Å². The van der Waals surface area contributed by atoms with Gasteiger partial charge in [-0.3, -0.25) is 25.2 Å². The lowest BCUT2D eigenvalue weighted by Gasteiger charge is -2.09. The summed E-state index contributed by atoms with van der Waals surface area (Å²) < 4.78 is 5.96. The van der Waals surface area contributed by atoms with Crippen molar-refractivity contribution in [1.29, 1.82) is 0 Å². The van der Waals surface area contributed by atoms with Crippen molar-refractivity contribution in [3.05, 3.63) is 46.6 Å². The van der Waals surface area contributed by atoms with Gasteiger partial charge < -0.3 is 9.52 Å². The Kier molecular flexibility index (Phi) is 5.12. The van der Waals surface area contributed by atoms with Gasteiger partial charge in [0.15, 0.2) is 0 Å². The average Bonchev–Trinajstić information content (AvgIpc) is 3.15. The number of hydrogen-bond acceptors (Lipinski definition) is 7. The van der Waals surface area contributed by atoms with E-state index in [4.69, 9.17) is 26.9 Å². The number of nitrogens with one attached hydrogen (secondary N) is 1. The average molecular weight is 390 g/mol. The molecule has 0 aliphatic carbocycles. The van der Waals surface area contributed by atoms with E-state index in [0.29, 0.717) is 22.1 Å². The number of carboxylic acids is 1. The molecule has 0 spiro atoms. The zero-order chi connectivity index (χ0) is 18.8. The highest BCUT2D eigenvalue weighted by Crippen LogP contribution is 2.33. The predicted octanol–water partition coefficient (Wildman–Crippen LogP) is 3.34. The number of thioether (sulfide) groups is 1. The van der Waals surface area contributed by atoms with Crippen LogP contribution in [0.1, 0.15) is 11.3 Å². The van der Waals surface area contributed by atoms with Gasteiger partial charge in [0, 0.05) is 11.6 Å². The van der Waals surface area contributed by atoms with Crippen molar-refractivity contribution in [1.82, 2.24) is 4.90 Å². The number of nitrogens with zero attached hydrogens (tertiary/aromatic N) is 1. The van der Waals surface area contributed by atoms with E-state index in [1.165, 1.54) is 0 Å². The predicted molar refractivity (Wildman–Crippen MR) is 102 cm³/mol. The first-order chi connectivity index (χ1) is 12.4. The highest BCUT2D eigenvalue weighted by atomic mass is 32.2. The zero-order valence-corrected chi connectivity index (χ0v) is 15.2. The van der Waals surface area contributed by atoms with Crippen LogP contribution in [0.4, 0.5) is 5.69 Å². The van der Waals surface area contributed by atoms with Crippen LogP contribution in [0.2, 0.25) is 0 Å². The molecule has 0 radical (unpaired) electrons. The van der Waals surface area contributed by atoms with Crippen molar-refractivity contribution in [2.24, 2.45) is 0 Å². The summed E-state index contributed by atoms with van der Waals surface area (Å²) in [6.45, 7) is 1.38. The second-order valence-electron chi connectivity index (χ2n) is 5.51. The van der Waals surface area contributed by atoms with E-state index in [1.54, 1.807) is 30.3 Å². The topological polar surface area (TPSA) is 103 Å². The van der Waals surface area contributed by atoms with Gasteiger partial charge in [0.25, 0.3) is 5.91 Å². The van der Waals surface area contributed by atoms with Gasteiger partial charge >= 0.3 is 5.97 Å². The van der Waals surface area contributed by atoms with E-state index in [1.807, 2.05) is 13.0 Å². The summed E-state index contributed by atoms with van der Waals surface area (Å²) >= 11 is 6.10. The molecule has 1 aromatic heterocycles. The van der Waals surface area contributed by atoms with Crippen LogP contribution in [0, 0.1) is 6.92 Å². The number of furan rings is 1. The van der Waals surface area contributed by atoms with E-state index in [0.717, 1.165) is 27.8 Å². The van der Waals surface area contributed by atoms with Gasteiger partial charge in [-0.2, -0.15) is 0 Å². The number of carbonyl (C=O) groups is 2. The van der Waals surface area contributed by atoms with Gasteiger partial charge in [0.1, 0.15) is 22.4 Å². The normalized spacial score (nSPS) is 15.8. The van der Waals surface area contributed by atoms with Gasteiger partial charge in [0.05, 0.1) is 10.6 Å². The molecule has 1 aliphatic rings. The van der Waals surface area contributed by atoms with Gasteiger partial charge in [-0.05, 0) is 42.8 Å². The van der Waals surface area contributed by atoms with E-state index in [2.05, 4.69) is 5.48 Å². The number of benzene rings is 1. The Morgan fingerprint density at radius 3 is 2.81 bits per heavy atom. The molecule has 3 rings (SSSR count). The minimum Gasteiger partial charge on any atom is -0.480 e. The van der Waals surface area contributed by atoms with Crippen LogP contribution in [-0.4, -0.2) is 38.0 Å². The molecular formula is C17H14N2O5S2. The fourth-order valence-electron chi connectivity index (χ4n) is 2.43. The number of aryl methyl sites for hydroxylation is 1. The first kappa shape index (κ1) is 18.2. The number of anilines is 1. The molecule has 0 atom stereocenters. The molecule has 9 heteroatoms. The second kappa shape index (κ2) is 7.32. The molecule has 1 amide bonds. The van der Waals surface area contributed by atoms with Crippen molar-refractivity contribution in [3.63, 3.8) is 0 Å². The molecule has 2 heterocycles. The summed E-state index contributed by atoms with van der Waals surface area (Å²) in [5.74, 6) is -0.517. The molecular weight excluding hydrogens is 376 g/mol. The monoisotopic (exact) mass is 390 g/mol. The number of carbonyl (C=O) groups excluding carboxylic acids is 1. The number of hydrogen-bond donors (Lipinski definition) is 3. The maximum atomic E-state index is 12.3. The van der Waals surface area contributed by atoms with Crippen LogP contribution in [0.5, 0.6) is 0 Å². The third kappa shape index (κ3) is 3.64. The maximum Gasteiger partial charge on any atom is 0.323 e. The molecule has 26 heavy (non-hydrogen) atoms. The summed E-state index contributed by atoms with van der Waals surface area (Å²) in [5, 5.41) is 17.9. The first-order valence-electron chi connectivity index (χ1n) is 7.47. The number of amides is 1.